The average molecular weight is 370 g/mol. The molecule has 27 heavy (non-hydrogen) atoms. The number of carbonyl (C=O) groups excluding carboxylic acids is 2. The van der Waals surface area contributed by atoms with E-state index >= 15 is 0 Å². The minimum atomic E-state index is -0.0509. The van der Waals surface area contributed by atoms with Crippen molar-refractivity contribution in [2.75, 3.05) is 32.8 Å². The lowest BCUT2D eigenvalue weighted by Gasteiger charge is -2.40. The van der Waals surface area contributed by atoms with Gasteiger partial charge in [-0.1, -0.05) is 6.42 Å². The summed E-state index contributed by atoms with van der Waals surface area (Å²) in [5, 5.41) is 0. The molecule has 144 valence electrons. The molecule has 3 saturated heterocycles. The van der Waals surface area contributed by atoms with Crippen molar-refractivity contribution in [3.63, 3.8) is 0 Å². The van der Waals surface area contributed by atoms with Gasteiger partial charge in [-0.15, -0.1) is 0 Å². The summed E-state index contributed by atoms with van der Waals surface area (Å²) >= 11 is 0. The fraction of sp³-hybridized carbons (Fsp3) is 0.619. The van der Waals surface area contributed by atoms with E-state index in [1.54, 1.807) is 12.1 Å². The van der Waals surface area contributed by atoms with Gasteiger partial charge in [-0.25, -0.2) is 0 Å². The van der Waals surface area contributed by atoms with E-state index in [4.69, 9.17) is 9.47 Å². The summed E-state index contributed by atoms with van der Waals surface area (Å²) in [5.41, 5.74) is 0.610. The zero-order chi connectivity index (χ0) is 18.4. The van der Waals surface area contributed by atoms with E-state index in [0.29, 0.717) is 49.3 Å². The van der Waals surface area contributed by atoms with Gasteiger partial charge in [0.15, 0.2) is 11.5 Å². The van der Waals surface area contributed by atoms with Gasteiger partial charge in [0.2, 0.25) is 5.91 Å². The number of carbonyl (C=O) groups is 2. The molecule has 0 aromatic heterocycles. The number of benzene rings is 1. The van der Waals surface area contributed by atoms with Gasteiger partial charge in [-0.3, -0.25) is 9.59 Å². The molecule has 6 nitrogen and oxygen atoms in total. The Morgan fingerprint density at radius 2 is 1.85 bits per heavy atom. The van der Waals surface area contributed by atoms with Crippen molar-refractivity contribution in [2.45, 2.75) is 38.1 Å². The zero-order valence-corrected chi connectivity index (χ0v) is 15.6. The Bertz CT molecular complexity index is 761. The van der Waals surface area contributed by atoms with Crippen LogP contribution < -0.4 is 9.47 Å². The first-order valence-electron chi connectivity index (χ1n) is 10.2. The lowest BCUT2D eigenvalue weighted by Crippen LogP contribution is -2.50. The predicted molar refractivity (Wildman–Crippen MR) is 98.9 cm³/mol. The first-order valence-corrected chi connectivity index (χ1v) is 10.2. The Kier molecular flexibility index (Phi) is 4.21. The summed E-state index contributed by atoms with van der Waals surface area (Å²) in [4.78, 5) is 30.1. The van der Waals surface area contributed by atoms with Crippen LogP contribution in [0.2, 0.25) is 0 Å². The van der Waals surface area contributed by atoms with Crippen LogP contribution in [0.15, 0.2) is 18.2 Å². The molecule has 5 aliphatic rings. The Balaban J connectivity index is 1.35. The minimum Gasteiger partial charge on any atom is -0.486 e. The van der Waals surface area contributed by atoms with Gasteiger partial charge in [0, 0.05) is 31.2 Å². The highest BCUT2D eigenvalue weighted by molar-refractivity contribution is 5.95. The fourth-order valence-electron chi connectivity index (χ4n) is 4.76. The van der Waals surface area contributed by atoms with Crippen LogP contribution >= 0.6 is 0 Å². The topological polar surface area (TPSA) is 59.1 Å². The first kappa shape index (κ1) is 16.9. The number of nitrogens with zero attached hydrogens (tertiary/aromatic N) is 2. The van der Waals surface area contributed by atoms with Gasteiger partial charge >= 0.3 is 0 Å². The van der Waals surface area contributed by atoms with Gasteiger partial charge in [0.05, 0.1) is 5.92 Å². The smallest absolute Gasteiger partial charge is 0.254 e. The maximum atomic E-state index is 13.2. The third-order valence-electron chi connectivity index (χ3n) is 6.55. The largest absolute Gasteiger partial charge is 0.486 e. The quantitative estimate of drug-likeness (QED) is 0.819. The van der Waals surface area contributed by atoms with E-state index in [-0.39, 0.29) is 23.8 Å². The van der Waals surface area contributed by atoms with E-state index in [2.05, 4.69) is 4.90 Å². The monoisotopic (exact) mass is 370 g/mol. The molecule has 6 rings (SSSR count). The molecular weight excluding hydrogens is 344 g/mol. The second kappa shape index (κ2) is 6.73. The summed E-state index contributed by atoms with van der Waals surface area (Å²) in [7, 11) is 0. The molecule has 4 heterocycles. The molecular formula is C21H26N2O4. The first-order chi connectivity index (χ1) is 13.2. The summed E-state index contributed by atoms with van der Waals surface area (Å²) in [6.07, 6.45) is 5.67. The van der Waals surface area contributed by atoms with E-state index in [0.717, 1.165) is 19.4 Å². The average Bonchev–Trinajstić information content (AvgIpc) is 2.95. The summed E-state index contributed by atoms with van der Waals surface area (Å²) < 4.78 is 11.2. The number of fused-ring (bicyclic) bond motifs is 5. The van der Waals surface area contributed by atoms with E-state index in [1.807, 2.05) is 11.0 Å². The zero-order valence-electron chi connectivity index (χ0n) is 15.6. The number of hydrogen-bond acceptors (Lipinski definition) is 4. The SMILES string of the molecule is O=C(c1ccc2c(c1)OCCO2)N1C[C@@H]2CC[C@H](C1)N(CC1CCC1)C2=O. The normalized spacial score (nSPS) is 27.3. The Morgan fingerprint density at radius 3 is 2.63 bits per heavy atom. The standard InChI is InChI=1S/C21H26N2O4/c24-20(15-5-7-18-19(10-15)27-9-8-26-18)22-12-16-4-6-17(13-22)23(21(16)25)11-14-2-1-3-14/h5,7,10,14,16-17H,1-4,6,8-9,11-13H2/t16-,17+/m0/s1. The highest BCUT2D eigenvalue weighted by Crippen LogP contribution is 2.35. The predicted octanol–water partition coefficient (Wildman–Crippen LogP) is 2.32. The van der Waals surface area contributed by atoms with Crippen LogP contribution in [-0.2, 0) is 4.79 Å². The van der Waals surface area contributed by atoms with Crippen molar-refractivity contribution < 1.29 is 19.1 Å². The van der Waals surface area contributed by atoms with Crippen molar-refractivity contribution in [1.82, 2.24) is 9.80 Å². The molecule has 1 aromatic carbocycles. The van der Waals surface area contributed by atoms with Crippen LogP contribution in [0.1, 0.15) is 42.5 Å². The molecule has 2 bridgehead atoms. The number of rotatable bonds is 3. The van der Waals surface area contributed by atoms with Crippen LogP contribution in [0.3, 0.4) is 0 Å². The maximum Gasteiger partial charge on any atom is 0.254 e. The van der Waals surface area contributed by atoms with Crippen LogP contribution in [0.5, 0.6) is 11.5 Å². The van der Waals surface area contributed by atoms with Crippen molar-refractivity contribution in [3.8, 4) is 11.5 Å². The van der Waals surface area contributed by atoms with Crippen molar-refractivity contribution >= 4 is 11.8 Å². The van der Waals surface area contributed by atoms with E-state index < -0.39 is 0 Å². The molecule has 1 saturated carbocycles. The van der Waals surface area contributed by atoms with Crippen molar-refractivity contribution in [1.29, 1.82) is 0 Å². The number of amides is 2. The number of hydrogen-bond donors (Lipinski definition) is 0. The molecule has 0 unspecified atom stereocenters. The Hall–Kier alpha value is -2.24. The van der Waals surface area contributed by atoms with Gasteiger partial charge in [-0.2, -0.15) is 0 Å². The third-order valence-corrected chi connectivity index (χ3v) is 6.55. The second-order valence-electron chi connectivity index (χ2n) is 8.28. The number of ether oxygens (including phenoxy) is 2. The molecule has 6 heteroatoms. The van der Waals surface area contributed by atoms with Gasteiger partial charge in [-0.05, 0) is 49.8 Å². The molecule has 1 aromatic rings. The van der Waals surface area contributed by atoms with Gasteiger partial charge in [0.1, 0.15) is 13.2 Å². The van der Waals surface area contributed by atoms with Crippen LogP contribution in [0, 0.1) is 11.8 Å². The van der Waals surface area contributed by atoms with Crippen LogP contribution in [-0.4, -0.2) is 60.5 Å². The van der Waals surface area contributed by atoms with Crippen molar-refractivity contribution in [3.05, 3.63) is 23.8 Å². The minimum absolute atomic E-state index is 0.0119. The molecule has 0 radical (unpaired) electrons. The molecule has 4 fully saturated rings. The molecule has 2 amide bonds. The summed E-state index contributed by atoms with van der Waals surface area (Å²) in [6, 6.07) is 5.55. The molecule has 4 aliphatic heterocycles. The van der Waals surface area contributed by atoms with Crippen LogP contribution in [0.4, 0.5) is 0 Å². The Labute approximate surface area is 159 Å². The third kappa shape index (κ3) is 3.05. The van der Waals surface area contributed by atoms with Crippen LogP contribution in [0.25, 0.3) is 0 Å². The van der Waals surface area contributed by atoms with Gasteiger partial charge in [0.25, 0.3) is 5.91 Å². The molecule has 2 atom stereocenters. The summed E-state index contributed by atoms with van der Waals surface area (Å²) in [5.74, 6) is 2.18. The fourth-order valence-corrected chi connectivity index (χ4v) is 4.76. The van der Waals surface area contributed by atoms with Crippen molar-refractivity contribution in [2.24, 2.45) is 11.8 Å². The molecule has 0 spiro atoms. The highest BCUT2D eigenvalue weighted by Gasteiger charge is 2.43. The molecule has 0 N–H and O–H groups in total. The van der Waals surface area contributed by atoms with Gasteiger partial charge < -0.3 is 19.3 Å². The van der Waals surface area contributed by atoms with E-state index in [1.165, 1.54) is 19.3 Å². The van der Waals surface area contributed by atoms with E-state index in [9.17, 15) is 9.59 Å². The maximum absolute atomic E-state index is 13.2. The highest BCUT2D eigenvalue weighted by atomic mass is 16.6. The molecule has 1 aliphatic carbocycles. The summed E-state index contributed by atoms with van der Waals surface area (Å²) in [6.45, 7) is 3.09. The Morgan fingerprint density at radius 1 is 1.04 bits per heavy atom. The number of piperidine rings is 1. The second-order valence-corrected chi connectivity index (χ2v) is 8.28. The lowest BCUT2D eigenvalue weighted by molar-refractivity contribution is -0.141. The lowest BCUT2D eigenvalue weighted by atomic mass is 9.83.